The highest BCUT2D eigenvalue weighted by atomic mass is 32.2. The van der Waals surface area contributed by atoms with Gasteiger partial charge in [0.25, 0.3) is 0 Å². The number of aryl methyl sites for hydroxylation is 2. The van der Waals surface area contributed by atoms with Gasteiger partial charge in [-0.2, -0.15) is 0 Å². The first kappa shape index (κ1) is 17.3. The van der Waals surface area contributed by atoms with Crippen molar-refractivity contribution in [1.82, 2.24) is 4.98 Å². The second-order valence-corrected chi connectivity index (χ2v) is 6.64. The maximum absolute atomic E-state index is 12.1. The summed E-state index contributed by atoms with van der Waals surface area (Å²) in [6.45, 7) is 2.04. The Bertz CT molecular complexity index is 856. The molecule has 0 saturated heterocycles. The van der Waals surface area contributed by atoms with Crippen LogP contribution in [0.3, 0.4) is 0 Å². The van der Waals surface area contributed by atoms with Gasteiger partial charge in [0, 0.05) is 29.0 Å². The molecule has 0 bridgehead atoms. The number of oxazole rings is 1. The van der Waals surface area contributed by atoms with Crippen molar-refractivity contribution < 1.29 is 9.21 Å². The molecule has 1 heterocycles. The number of aromatic nitrogens is 1. The molecular formula is C20H20N2O2S. The van der Waals surface area contributed by atoms with Crippen molar-refractivity contribution in [3.8, 4) is 11.3 Å². The Labute approximate surface area is 151 Å². The number of carbonyl (C=O) groups excluding carboxylic acids is 1. The van der Waals surface area contributed by atoms with Crippen LogP contribution >= 0.6 is 11.8 Å². The zero-order chi connectivity index (χ0) is 17.6. The smallest absolute Gasteiger partial charge is 0.224 e. The Kier molecular flexibility index (Phi) is 5.56. The number of hydrogen-bond donors (Lipinski definition) is 1. The minimum Gasteiger partial charge on any atom is -0.441 e. The van der Waals surface area contributed by atoms with Crippen LogP contribution in [-0.2, 0) is 11.2 Å². The highest BCUT2D eigenvalue weighted by molar-refractivity contribution is 7.98. The molecule has 1 N–H and O–H groups in total. The number of benzene rings is 2. The van der Waals surface area contributed by atoms with E-state index in [1.54, 1.807) is 18.0 Å². The number of anilines is 1. The van der Waals surface area contributed by atoms with Gasteiger partial charge in [0.05, 0.1) is 6.20 Å². The van der Waals surface area contributed by atoms with Gasteiger partial charge >= 0.3 is 0 Å². The molecule has 25 heavy (non-hydrogen) atoms. The van der Waals surface area contributed by atoms with Gasteiger partial charge in [-0.25, -0.2) is 4.98 Å². The maximum atomic E-state index is 12.1. The Morgan fingerprint density at radius 1 is 1.20 bits per heavy atom. The molecule has 0 fully saturated rings. The van der Waals surface area contributed by atoms with E-state index < -0.39 is 0 Å². The van der Waals surface area contributed by atoms with Crippen molar-refractivity contribution in [2.75, 3.05) is 11.6 Å². The van der Waals surface area contributed by atoms with Crippen LogP contribution < -0.4 is 5.32 Å². The molecule has 1 amide bonds. The molecule has 2 aromatic carbocycles. The zero-order valence-electron chi connectivity index (χ0n) is 14.3. The molecule has 3 rings (SSSR count). The number of carbonyl (C=O) groups is 1. The SMILES string of the molecule is CSc1cccc(NC(=O)CCc2ncc(-c3ccc(C)cc3)o2)c1. The minimum atomic E-state index is -0.0478. The third-order valence-electron chi connectivity index (χ3n) is 3.81. The first-order valence-electron chi connectivity index (χ1n) is 8.10. The summed E-state index contributed by atoms with van der Waals surface area (Å²) in [5, 5.41) is 2.91. The van der Waals surface area contributed by atoms with E-state index >= 15 is 0 Å². The van der Waals surface area contributed by atoms with Crippen LogP contribution in [0, 0.1) is 6.92 Å². The molecule has 128 valence electrons. The Morgan fingerprint density at radius 3 is 2.76 bits per heavy atom. The summed E-state index contributed by atoms with van der Waals surface area (Å²) in [6.07, 6.45) is 4.52. The van der Waals surface area contributed by atoms with Gasteiger partial charge < -0.3 is 9.73 Å². The first-order valence-corrected chi connectivity index (χ1v) is 9.32. The number of thioether (sulfide) groups is 1. The largest absolute Gasteiger partial charge is 0.441 e. The minimum absolute atomic E-state index is 0.0478. The quantitative estimate of drug-likeness (QED) is 0.638. The highest BCUT2D eigenvalue weighted by Gasteiger charge is 2.09. The first-order chi connectivity index (χ1) is 12.1. The molecule has 0 aliphatic carbocycles. The van der Waals surface area contributed by atoms with Gasteiger partial charge in [-0.1, -0.05) is 35.9 Å². The van der Waals surface area contributed by atoms with Crippen LogP contribution in [0.25, 0.3) is 11.3 Å². The molecule has 0 atom stereocenters. The maximum Gasteiger partial charge on any atom is 0.224 e. The lowest BCUT2D eigenvalue weighted by molar-refractivity contribution is -0.116. The van der Waals surface area contributed by atoms with E-state index in [0.29, 0.717) is 18.7 Å². The summed E-state index contributed by atoms with van der Waals surface area (Å²) in [5.74, 6) is 1.25. The molecule has 0 aliphatic heterocycles. The molecule has 4 nitrogen and oxygen atoms in total. The Hall–Kier alpha value is -2.53. The van der Waals surface area contributed by atoms with E-state index in [9.17, 15) is 4.79 Å². The second-order valence-electron chi connectivity index (χ2n) is 5.76. The molecule has 0 radical (unpaired) electrons. The van der Waals surface area contributed by atoms with E-state index in [-0.39, 0.29) is 5.91 Å². The molecule has 3 aromatic rings. The fourth-order valence-corrected chi connectivity index (χ4v) is 2.88. The number of hydrogen-bond acceptors (Lipinski definition) is 4. The summed E-state index contributed by atoms with van der Waals surface area (Å²) in [6, 6.07) is 15.9. The van der Waals surface area contributed by atoms with Crippen LogP contribution in [0.4, 0.5) is 5.69 Å². The van der Waals surface area contributed by atoms with E-state index in [1.165, 1.54) is 5.56 Å². The van der Waals surface area contributed by atoms with E-state index in [2.05, 4.69) is 10.3 Å². The fourth-order valence-electron chi connectivity index (χ4n) is 2.42. The van der Waals surface area contributed by atoms with E-state index in [0.717, 1.165) is 21.9 Å². The Balaban J connectivity index is 1.56. The van der Waals surface area contributed by atoms with Gasteiger partial charge in [0.1, 0.15) is 0 Å². The van der Waals surface area contributed by atoms with Crippen molar-refractivity contribution in [1.29, 1.82) is 0 Å². The van der Waals surface area contributed by atoms with Gasteiger partial charge in [-0.3, -0.25) is 4.79 Å². The summed E-state index contributed by atoms with van der Waals surface area (Å²) in [5.41, 5.74) is 3.00. The summed E-state index contributed by atoms with van der Waals surface area (Å²) < 4.78 is 5.75. The molecule has 0 unspecified atom stereocenters. The molecule has 0 saturated carbocycles. The molecule has 0 spiro atoms. The Morgan fingerprint density at radius 2 is 2.00 bits per heavy atom. The van der Waals surface area contributed by atoms with Crippen molar-refractivity contribution in [2.24, 2.45) is 0 Å². The van der Waals surface area contributed by atoms with E-state index in [4.69, 9.17) is 4.42 Å². The topological polar surface area (TPSA) is 55.1 Å². The van der Waals surface area contributed by atoms with Crippen LogP contribution in [0.5, 0.6) is 0 Å². The zero-order valence-corrected chi connectivity index (χ0v) is 15.1. The summed E-state index contributed by atoms with van der Waals surface area (Å²) in [7, 11) is 0. The number of rotatable bonds is 6. The molecule has 5 heteroatoms. The predicted molar refractivity (Wildman–Crippen MR) is 102 cm³/mol. The summed E-state index contributed by atoms with van der Waals surface area (Å²) >= 11 is 1.65. The van der Waals surface area contributed by atoms with Crippen LogP contribution in [-0.4, -0.2) is 17.1 Å². The van der Waals surface area contributed by atoms with Crippen molar-refractivity contribution in [3.63, 3.8) is 0 Å². The van der Waals surface area contributed by atoms with Gasteiger partial charge in [-0.05, 0) is 31.4 Å². The van der Waals surface area contributed by atoms with Crippen LogP contribution in [0.2, 0.25) is 0 Å². The fraction of sp³-hybridized carbons (Fsp3) is 0.200. The number of amides is 1. The number of nitrogens with one attached hydrogen (secondary N) is 1. The lowest BCUT2D eigenvalue weighted by Crippen LogP contribution is -2.12. The second kappa shape index (κ2) is 8.03. The van der Waals surface area contributed by atoms with Crippen molar-refractivity contribution in [3.05, 3.63) is 66.2 Å². The van der Waals surface area contributed by atoms with Gasteiger partial charge in [0.2, 0.25) is 5.91 Å². The monoisotopic (exact) mass is 352 g/mol. The molecule has 1 aromatic heterocycles. The van der Waals surface area contributed by atoms with Crippen LogP contribution in [0.1, 0.15) is 17.9 Å². The standard InChI is InChI=1S/C20H20N2O2S/c1-14-6-8-15(9-7-14)18-13-21-20(24-18)11-10-19(23)22-16-4-3-5-17(12-16)25-2/h3-9,12-13H,10-11H2,1-2H3,(H,22,23). The molecular weight excluding hydrogens is 332 g/mol. The average molecular weight is 352 g/mol. The average Bonchev–Trinajstić information content (AvgIpc) is 3.10. The third-order valence-corrected chi connectivity index (χ3v) is 4.53. The van der Waals surface area contributed by atoms with Gasteiger partial charge in [0.15, 0.2) is 11.7 Å². The lowest BCUT2D eigenvalue weighted by atomic mass is 10.1. The van der Waals surface area contributed by atoms with Crippen LogP contribution in [0.15, 0.2) is 64.0 Å². The van der Waals surface area contributed by atoms with E-state index in [1.807, 2.05) is 61.7 Å². The lowest BCUT2D eigenvalue weighted by Gasteiger charge is -2.05. The highest BCUT2D eigenvalue weighted by Crippen LogP contribution is 2.22. The number of nitrogens with zero attached hydrogens (tertiary/aromatic N) is 1. The van der Waals surface area contributed by atoms with Crippen molar-refractivity contribution in [2.45, 2.75) is 24.7 Å². The third kappa shape index (κ3) is 4.73. The summed E-state index contributed by atoms with van der Waals surface area (Å²) in [4.78, 5) is 17.5. The normalized spacial score (nSPS) is 10.6. The predicted octanol–water partition coefficient (Wildman–Crippen LogP) is 4.94. The molecule has 0 aliphatic rings. The van der Waals surface area contributed by atoms with Crippen molar-refractivity contribution >= 4 is 23.4 Å². The van der Waals surface area contributed by atoms with Gasteiger partial charge in [-0.15, -0.1) is 11.8 Å².